The summed E-state index contributed by atoms with van der Waals surface area (Å²) in [5.74, 6) is -0.445. The van der Waals surface area contributed by atoms with Gasteiger partial charge in [0.2, 0.25) is 5.91 Å². The maximum absolute atomic E-state index is 12.8. The summed E-state index contributed by atoms with van der Waals surface area (Å²) >= 11 is 6.52. The number of benzene rings is 3. The zero-order valence-corrected chi connectivity index (χ0v) is 18.9. The fourth-order valence-electron chi connectivity index (χ4n) is 3.83. The normalized spacial score (nSPS) is 12.7. The van der Waals surface area contributed by atoms with Gasteiger partial charge < -0.3 is 20.9 Å². The summed E-state index contributed by atoms with van der Waals surface area (Å²) < 4.78 is 0. The molecule has 4 aromatic rings. The van der Waals surface area contributed by atoms with Gasteiger partial charge in [-0.3, -0.25) is 4.79 Å². The molecule has 4 rings (SSSR count). The van der Waals surface area contributed by atoms with Gasteiger partial charge in [0, 0.05) is 40.3 Å². The van der Waals surface area contributed by atoms with Crippen LogP contribution < -0.4 is 16.0 Å². The summed E-state index contributed by atoms with van der Waals surface area (Å²) in [6, 6.07) is 23.6. The summed E-state index contributed by atoms with van der Waals surface area (Å²) in [5, 5.41) is 10.1. The lowest BCUT2D eigenvalue weighted by Crippen LogP contribution is -2.47. The van der Waals surface area contributed by atoms with Gasteiger partial charge in [0.25, 0.3) is 0 Å². The lowest BCUT2D eigenvalue weighted by molar-refractivity contribution is -0.122. The molecule has 168 valence electrons. The van der Waals surface area contributed by atoms with Crippen molar-refractivity contribution >= 4 is 40.1 Å². The van der Waals surface area contributed by atoms with Crippen LogP contribution in [0.3, 0.4) is 0 Å². The monoisotopic (exact) mass is 460 g/mol. The molecule has 1 heterocycles. The largest absolute Gasteiger partial charge is 0.361 e. The van der Waals surface area contributed by atoms with Crippen LogP contribution in [0.4, 0.5) is 10.5 Å². The Labute approximate surface area is 197 Å². The zero-order chi connectivity index (χ0) is 23.2. The highest BCUT2D eigenvalue weighted by molar-refractivity contribution is 6.31. The average molecular weight is 461 g/mol. The number of anilines is 1. The standard InChI is InChI=1S/C26H25ClN4O2/c1-17(30-26(33)31-18-9-3-2-4-10-18)25(32)29-16-21(19-11-5-7-13-23(19)27)22-15-28-24-14-8-6-12-20(22)24/h2-15,17,21,28H,16H2,1H3,(H,29,32)(H2,30,31,33)/t17-,21+/m1/s1. The zero-order valence-electron chi connectivity index (χ0n) is 18.1. The van der Waals surface area contributed by atoms with Crippen molar-refractivity contribution in [2.24, 2.45) is 0 Å². The van der Waals surface area contributed by atoms with Crippen molar-refractivity contribution in [3.63, 3.8) is 0 Å². The first-order valence-electron chi connectivity index (χ1n) is 10.7. The summed E-state index contributed by atoms with van der Waals surface area (Å²) in [6.45, 7) is 1.98. The van der Waals surface area contributed by atoms with E-state index in [1.165, 1.54) is 0 Å². The smallest absolute Gasteiger partial charge is 0.319 e. The van der Waals surface area contributed by atoms with E-state index in [-0.39, 0.29) is 11.8 Å². The van der Waals surface area contributed by atoms with Crippen LogP contribution in [0, 0.1) is 0 Å². The number of aromatic nitrogens is 1. The summed E-state index contributed by atoms with van der Waals surface area (Å²) in [5.41, 5.74) is 3.64. The van der Waals surface area contributed by atoms with Crippen LogP contribution in [0.2, 0.25) is 5.02 Å². The van der Waals surface area contributed by atoms with Crippen molar-refractivity contribution in [2.45, 2.75) is 18.9 Å². The number of hydrogen-bond acceptors (Lipinski definition) is 2. The number of rotatable bonds is 7. The SMILES string of the molecule is C[C@@H](NC(=O)Nc1ccccc1)C(=O)NC[C@@H](c1ccccc1Cl)c1c[nH]c2ccccc12. The van der Waals surface area contributed by atoms with Gasteiger partial charge in [-0.2, -0.15) is 0 Å². The van der Waals surface area contributed by atoms with E-state index < -0.39 is 12.1 Å². The number of amides is 3. The third kappa shape index (κ3) is 5.35. The number of para-hydroxylation sites is 2. The predicted molar refractivity (Wildman–Crippen MR) is 133 cm³/mol. The summed E-state index contributed by atoms with van der Waals surface area (Å²) in [6.07, 6.45) is 1.96. The lowest BCUT2D eigenvalue weighted by atomic mass is 9.90. The summed E-state index contributed by atoms with van der Waals surface area (Å²) in [7, 11) is 0. The maximum Gasteiger partial charge on any atom is 0.319 e. The molecule has 0 fully saturated rings. The van der Waals surface area contributed by atoms with E-state index in [0.717, 1.165) is 22.0 Å². The maximum atomic E-state index is 12.8. The van der Waals surface area contributed by atoms with E-state index in [0.29, 0.717) is 17.3 Å². The van der Waals surface area contributed by atoms with Crippen LogP contribution in [0.1, 0.15) is 24.0 Å². The van der Waals surface area contributed by atoms with E-state index >= 15 is 0 Å². The molecule has 3 aromatic carbocycles. The molecule has 6 nitrogen and oxygen atoms in total. The first kappa shape index (κ1) is 22.4. The van der Waals surface area contributed by atoms with E-state index in [2.05, 4.69) is 20.9 Å². The molecule has 4 N–H and O–H groups in total. The molecular formula is C26H25ClN4O2. The van der Waals surface area contributed by atoms with Gasteiger partial charge in [-0.05, 0) is 42.3 Å². The van der Waals surface area contributed by atoms with Gasteiger partial charge in [-0.25, -0.2) is 4.79 Å². The highest BCUT2D eigenvalue weighted by Gasteiger charge is 2.23. The van der Waals surface area contributed by atoms with Gasteiger partial charge in [0.1, 0.15) is 6.04 Å². The van der Waals surface area contributed by atoms with Crippen molar-refractivity contribution in [1.29, 1.82) is 0 Å². The Morgan fingerprint density at radius 1 is 0.909 bits per heavy atom. The Bertz CT molecular complexity index is 1260. The highest BCUT2D eigenvalue weighted by Crippen LogP contribution is 2.34. The molecule has 0 aliphatic heterocycles. The van der Waals surface area contributed by atoms with Gasteiger partial charge >= 0.3 is 6.03 Å². The fraction of sp³-hybridized carbons (Fsp3) is 0.154. The van der Waals surface area contributed by atoms with E-state index in [9.17, 15) is 9.59 Å². The second-order valence-corrected chi connectivity index (χ2v) is 8.20. The molecule has 3 amide bonds. The second kappa shape index (κ2) is 10.2. The third-order valence-electron chi connectivity index (χ3n) is 5.53. The molecule has 2 atom stereocenters. The molecule has 0 radical (unpaired) electrons. The van der Waals surface area contributed by atoms with Gasteiger partial charge in [0.15, 0.2) is 0 Å². The molecular weight excluding hydrogens is 436 g/mol. The number of H-pyrrole nitrogens is 1. The predicted octanol–water partition coefficient (Wildman–Crippen LogP) is 5.28. The molecule has 1 aromatic heterocycles. The number of carbonyl (C=O) groups excluding carboxylic acids is 2. The topological polar surface area (TPSA) is 86.0 Å². The van der Waals surface area contributed by atoms with Crippen molar-refractivity contribution in [3.8, 4) is 0 Å². The van der Waals surface area contributed by atoms with Crippen LogP contribution in [-0.4, -0.2) is 29.5 Å². The number of nitrogens with one attached hydrogen (secondary N) is 4. The second-order valence-electron chi connectivity index (χ2n) is 7.80. The van der Waals surface area contributed by atoms with Crippen molar-refractivity contribution < 1.29 is 9.59 Å². The Hall–Kier alpha value is -3.77. The van der Waals surface area contributed by atoms with Crippen LogP contribution in [0.25, 0.3) is 10.9 Å². The Morgan fingerprint density at radius 3 is 2.39 bits per heavy atom. The quantitative estimate of drug-likeness (QED) is 0.302. The van der Waals surface area contributed by atoms with Crippen LogP contribution in [-0.2, 0) is 4.79 Å². The first-order chi connectivity index (χ1) is 16.0. The van der Waals surface area contributed by atoms with Crippen molar-refractivity contribution in [1.82, 2.24) is 15.6 Å². The van der Waals surface area contributed by atoms with Gasteiger partial charge in [0.05, 0.1) is 0 Å². The minimum atomic E-state index is -0.719. The summed E-state index contributed by atoms with van der Waals surface area (Å²) in [4.78, 5) is 28.3. The number of aromatic amines is 1. The molecule has 0 saturated carbocycles. The minimum Gasteiger partial charge on any atom is -0.361 e. The Morgan fingerprint density at radius 2 is 1.61 bits per heavy atom. The Kier molecular flexibility index (Phi) is 6.95. The lowest BCUT2D eigenvalue weighted by Gasteiger charge is -2.21. The van der Waals surface area contributed by atoms with Crippen LogP contribution in [0.15, 0.2) is 85.1 Å². The number of carbonyl (C=O) groups is 2. The Balaban J connectivity index is 1.47. The molecule has 0 aliphatic carbocycles. The fourth-order valence-corrected chi connectivity index (χ4v) is 4.10. The van der Waals surface area contributed by atoms with Crippen LogP contribution in [0.5, 0.6) is 0 Å². The highest BCUT2D eigenvalue weighted by atomic mass is 35.5. The molecule has 33 heavy (non-hydrogen) atoms. The number of fused-ring (bicyclic) bond motifs is 1. The van der Waals surface area contributed by atoms with E-state index in [1.807, 2.05) is 72.9 Å². The van der Waals surface area contributed by atoms with Crippen LogP contribution >= 0.6 is 11.6 Å². The minimum absolute atomic E-state index is 0.163. The molecule has 0 spiro atoms. The van der Waals surface area contributed by atoms with E-state index in [4.69, 9.17) is 11.6 Å². The molecule has 0 unspecified atom stereocenters. The van der Waals surface area contributed by atoms with Gasteiger partial charge in [-0.1, -0.05) is 66.2 Å². The number of urea groups is 1. The van der Waals surface area contributed by atoms with Crippen molar-refractivity contribution in [2.75, 3.05) is 11.9 Å². The number of hydrogen-bond donors (Lipinski definition) is 4. The molecule has 0 saturated heterocycles. The third-order valence-corrected chi connectivity index (χ3v) is 5.87. The van der Waals surface area contributed by atoms with E-state index in [1.54, 1.807) is 19.1 Å². The number of halogens is 1. The van der Waals surface area contributed by atoms with Gasteiger partial charge in [-0.15, -0.1) is 0 Å². The molecule has 0 aliphatic rings. The van der Waals surface area contributed by atoms with Crippen molar-refractivity contribution in [3.05, 3.63) is 101 Å². The first-order valence-corrected chi connectivity index (χ1v) is 11.1. The average Bonchev–Trinajstić information content (AvgIpc) is 3.25. The molecule has 0 bridgehead atoms. The molecule has 7 heteroatoms.